The molecular weight excluding hydrogens is 282 g/mol. The van der Waals surface area contributed by atoms with Crippen LogP contribution in [0.4, 0.5) is 4.79 Å². The number of aromatic nitrogens is 3. The molecule has 0 saturated carbocycles. The Labute approximate surface area is 128 Å². The van der Waals surface area contributed by atoms with Crippen LogP contribution in [0, 0.1) is 0 Å². The predicted octanol–water partition coefficient (Wildman–Crippen LogP) is 1.70. The molecule has 1 aromatic heterocycles. The summed E-state index contributed by atoms with van der Waals surface area (Å²) >= 11 is 0. The van der Waals surface area contributed by atoms with Gasteiger partial charge in [0.2, 0.25) is 0 Å². The fraction of sp³-hybridized carbons (Fsp3) is 0.400. The zero-order valence-corrected chi connectivity index (χ0v) is 12.6. The first-order valence-electron chi connectivity index (χ1n) is 7.28. The Morgan fingerprint density at radius 1 is 1.45 bits per heavy atom. The molecule has 0 aliphatic carbocycles. The number of ether oxygens (including phenoxy) is 1. The first kappa shape index (κ1) is 14.4. The molecule has 2 aromatic rings. The van der Waals surface area contributed by atoms with Gasteiger partial charge in [-0.15, -0.1) is 10.2 Å². The molecule has 2 N–H and O–H groups in total. The van der Waals surface area contributed by atoms with Crippen molar-refractivity contribution in [2.75, 3.05) is 6.61 Å². The van der Waals surface area contributed by atoms with Crippen molar-refractivity contribution in [1.82, 2.24) is 25.4 Å². The maximum Gasteiger partial charge on any atom is 0.315 e. The van der Waals surface area contributed by atoms with E-state index in [1.807, 2.05) is 38.2 Å². The molecule has 0 unspecified atom stereocenters. The molecule has 0 radical (unpaired) electrons. The van der Waals surface area contributed by atoms with E-state index in [4.69, 9.17) is 4.74 Å². The quantitative estimate of drug-likeness (QED) is 0.904. The maximum atomic E-state index is 12.2. The Morgan fingerprint density at radius 3 is 3.05 bits per heavy atom. The number of fused-ring (bicyclic) bond motifs is 1. The van der Waals surface area contributed by atoms with Crippen LogP contribution in [-0.2, 0) is 7.05 Å². The largest absolute Gasteiger partial charge is 0.493 e. The van der Waals surface area contributed by atoms with Gasteiger partial charge in [0.1, 0.15) is 12.1 Å². The highest BCUT2D eigenvalue weighted by Gasteiger charge is 2.23. The average molecular weight is 301 g/mol. The van der Waals surface area contributed by atoms with Crippen molar-refractivity contribution in [2.24, 2.45) is 7.05 Å². The maximum absolute atomic E-state index is 12.2. The molecule has 116 valence electrons. The van der Waals surface area contributed by atoms with Crippen molar-refractivity contribution in [3.8, 4) is 5.75 Å². The third-order valence-electron chi connectivity index (χ3n) is 3.75. The number of para-hydroxylation sites is 1. The Balaban J connectivity index is 1.64. The van der Waals surface area contributed by atoms with E-state index in [0.29, 0.717) is 12.4 Å². The highest BCUT2D eigenvalue weighted by molar-refractivity contribution is 5.75. The number of benzene rings is 1. The molecule has 0 saturated heterocycles. The van der Waals surface area contributed by atoms with Gasteiger partial charge >= 0.3 is 6.03 Å². The summed E-state index contributed by atoms with van der Waals surface area (Å²) < 4.78 is 7.38. The average Bonchev–Trinajstić information content (AvgIpc) is 2.94. The molecule has 1 aliphatic rings. The van der Waals surface area contributed by atoms with Crippen LogP contribution < -0.4 is 15.4 Å². The third-order valence-corrected chi connectivity index (χ3v) is 3.75. The van der Waals surface area contributed by atoms with Crippen molar-refractivity contribution in [2.45, 2.75) is 25.4 Å². The Morgan fingerprint density at radius 2 is 2.27 bits per heavy atom. The Hall–Kier alpha value is -2.57. The van der Waals surface area contributed by atoms with E-state index in [9.17, 15) is 4.79 Å². The number of amides is 2. The summed E-state index contributed by atoms with van der Waals surface area (Å²) in [5.74, 6) is 1.54. The third kappa shape index (κ3) is 2.88. The molecular formula is C15H19N5O2. The first-order chi connectivity index (χ1) is 10.6. The standard InChI is InChI=1S/C15H19N5O2/c1-10(14-19-16-9-20(14)2)17-15(21)18-12-7-8-22-13-6-4-3-5-11(12)13/h3-6,9-10,12H,7-8H2,1-2H3,(H2,17,18,21)/t10-,12+/m1/s1. The van der Waals surface area contributed by atoms with Gasteiger partial charge in [-0.3, -0.25) is 0 Å². The number of urea groups is 1. The molecule has 7 heteroatoms. The lowest BCUT2D eigenvalue weighted by molar-refractivity contribution is 0.220. The molecule has 1 aliphatic heterocycles. The summed E-state index contributed by atoms with van der Waals surface area (Å²) in [6, 6.07) is 7.28. The van der Waals surface area contributed by atoms with E-state index in [0.717, 1.165) is 17.7 Å². The molecule has 2 heterocycles. The SMILES string of the molecule is C[C@@H](NC(=O)N[C@H]1CCOc2ccccc21)c1nncn1C. The van der Waals surface area contributed by atoms with Gasteiger partial charge in [0, 0.05) is 19.0 Å². The lowest BCUT2D eigenvalue weighted by atomic mass is 10.0. The molecule has 22 heavy (non-hydrogen) atoms. The normalized spacial score (nSPS) is 18.0. The van der Waals surface area contributed by atoms with Gasteiger partial charge in [-0.2, -0.15) is 0 Å². The van der Waals surface area contributed by atoms with Crippen molar-refractivity contribution in [3.05, 3.63) is 42.0 Å². The highest BCUT2D eigenvalue weighted by atomic mass is 16.5. The van der Waals surface area contributed by atoms with E-state index >= 15 is 0 Å². The fourth-order valence-electron chi connectivity index (χ4n) is 2.64. The second-order valence-corrected chi connectivity index (χ2v) is 5.37. The molecule has 2 atom stereocenters. The van der Waals surface area contributed by atoms with Crippen LogP contribution in [0.3, 0.4) is 0 Å². The summed E-state index contributed by atoms with van der Waals surface area (Å²) in [6.45, 7) is 2.47. The van der Waals surface area contributed by atoms with Crippen molar-refractivity contribution in [1.29, 1.82) is 0 Å². The lowest BCUT2D eigenvalue weighted by Gasteiger charge is -2.27. The van der Waals surface area contributed by atoms with Crippen LogP contribution in [-0.4, -0.2) is 27.4 Å². The van der Waals surface area contributed by atoms with E-state index < -0.39 is 0 Å². The number of rotatable bonds is 3. The van der Waals surface area contributed by atoms with Crippen molar-refractivity contribution in [3.63, 3.8) is 0 Å². The molecule has 0 fully saturated rings. The van der Waals surface area contributed by atoms with Crippen LogP contribution in [0.15, 0.2) is 30.6 Å². The molecule has 0 spiro atoms. The second-order valence-electron chi connectivity index (χ2n) is 5.37. The molecule has 0 bridgehead atoms. The Bertz CT molecular complexity index is 669. The van der Waals surface area contributed by atoms with Crippen LogP contribution in [0.25, 0.3) is 0 Å². The highest BCUT2D eigenvalue weighted by Crippen LogP contribution is 2.31. The summed E-state index contributed by atoms with van der Waals surface area (Å²) in [4.78, 5) is 12.2. The number of aryl methyl sites for hydroxylation is 1. The van der Waals surface area contributed by atoms with E-state index in [2.05, 4.69) is 20.8 Å². The predicted molar refractivity (Wildman–Crippen MR) is 80.4 cm³/mol. The molecule has 2 amide bonds. The second kappa shape index (κ2) is 6.05. The number of hydrogen-bond acceptors (Lipinski definition) is 4. The van der Waals surface area contributed by atoms with Crippen LogP contribution in [0.5, 0.6) is 5.75 Å². The zero-order chi connectivity index (χ0) is 15.5. The lowest BCUT2D eigenvalue weighted by Crippen LogP contribution is -2.41. The smallest absolute Gasteiger partial charge is 0.315 e. The van der Waals surface area contributed by atoms with Gasteiger partial charge in [-0.1, -0.05) is 18.2 Å². The van der Waals surface area contributed by atoms with E-state index in [1.165, 1.54) is 0 Å². The number of nitrogens with one attached hydrogen (secondary N) is 2. The van der Waals surface area contributed by atoms with Crippen LogP contribution in [0.2, 0.25) is 0 Å². The van der Waals surface area contributed by atoms with Gasteiger partial charge in [-0.25, -0.2) is 4.79 Å². The number of carbonyl (C=O) groups excluding carboxylic acids is 1. The fourth-order valence-corrected chi connectivity index (χ4v) is 2.64. The van der Waals surface area contributed by atoms with Gasteiger partial charge < -0.3 is 19.9 Å². The first-order valence-corrected chi connectivity index (χ1v) is 7.28. The zero-order valence-electron chi connectivity index (χ0n) is 12.6. The van der Waals surface area contributed by atoms with Crippen molar-refractivity contribution < 1.29 is 9.53 Å². The number of carbonyl (C=O) groups is 1. The van der Waals surface area contributed by atoms with Gasteiger partial charge in [0.25, 0.3) is 0 Å². The number of nitrogens with zero attached hydrogens (tertiary/aromatic N) is 3. The topological polar surface area (TPSA) is 81.1 Å². The van der Waals surface area contributed by atoms with Crippen LogP contribution >= 0.6 is 0 Å². The van der Waals surface area contributed by atoms with Gasteiger partial charge in [-0.05, 0) is 13.0 Å². The summed E-state index contributed by atoms with van der Waals surface area (Å²) in [5.41, 5.74) is 1.01. The monoisotopic (exact) mass is 301 g/mol. The van der Waals surface area contributed by atoms with Gasteiger partial charge in [0.15, 0.2) is 5.82 Å². The minimum Gasteiger partial charge on any atom is -0.493 e. The molecule has 3 rings (SSSR count). The van der Waals surface area contributed by atoms with E-state index in [-0.39, 0.29) is 18.1 Å². The summed E-state index contributed by atoms with van der Waals surface area (Å²) in [6.07, 6.45) is 2.36. The summed E-state index contributed by atoms with van der Waals surface area (Å²) in [5, 5.41) is 13.7. The molecule has 1 aromatic carbocycles. The Kier molecular flexibility index (Phi) is 3.95. The van der Waals surface area contributed by atoms with Gasteiger partial charge in [0.05, 0.1) is 18.7 Å². The number of hydrogen-bond donors (Lipinski definition) is 2. The summed E-state index contributed by atoms with van der Waals surface area (Å²) in [7, 11) is 1.85. The van der Waals surface area contributed by atoms with E-state index in [1.54, 1.807) is 10.9 Å². The van der Waals surface area contributed by atoms with Crippen molar-refractivity contribution >= 4 is 6.03 Å². The molecule has 7 nitrogen and oxygen atoms in total. The minimum atomic E-state index is -0.225. The minimum absolute atomic E-state index is 0.0448. The van der Waals surface area contributed by atoms with Crippen LogP contribution in [0.1, 0.15) is 36.8 Å².